The summed E-state index contributed by atoms with van der Waals surface area (Å²) < 4.78 is 0. The number of rotatable bonds is 1. The highest BCUT2D eigenvalue weighted by molar-refractivity contribution is 5.83. The third-order valence-electron chi connectivity index (χ3n) is 3.06. The van der Waals surface area contributed by atoms with E-state index in [1.165, 1.54) is 0 Å². The lowest BCUT2D eigenvalue weighted by Crippen LogP contribution is -2.48. The van der Waals surface area contributed by atoms with E-state index in [0.717, 1.165) is 29.1 Å². The standard InChI is InChI=1S/C13H14N4O/c1-9-13(17-7-6-14-12(18)8-17)16-11-5-3-2-4-10(11)15-9/h2-5H,6-8H2,1H3,(H,14,18). The molecule has 1 aromatic heterocycles. The SMILES string of the molecule is Cc1nc2ccccc2nc1N1CCNC(=O)C1. The van der Waals surface area contributed by atoms with Crippen molar-refractivity contribution in [2.24, 2.45) is 0 Å². The van der Waals surface area contributed by atoms with Gasteiger partial charge in [-0.05, 0) is 19.1 Å². The second-order valence-corrected chi connectivity index (χ2v) is 4.39. The van der Waals surface area contributed by atoms with Crippen LogP contribution in [0.15, 0.2) is 24.3 Å². The van der Waals surface area contributed by atoms with Crippen LogP contribution in [0.3, 0.4) is 0 Å². The summed E-state index contributed by atoms with van der Waals surface area (Å²) in [5.74, 6) is 0.846. The van der Waals surface area contributed by atoms with Crippen LogP contribution in [0.2, 0.25) is 0 Å². The van der Waals surface area contributed by atoms with Crippen molar-refractivity contribution >= 4 is 22.8 Å². The number of piperazine rings is 1. The fourth-order valence-electron chi connectivity index (χ4n) is 2.20. The molecule has 1 aromatic carbocycles. The Morgan fingerprint density at radius 2 is 1.94 bits per heavy atom. The van der Waals surface area contributed by atoms with E-state index in [2.05, 4.69) is 15.3 Å². The number of nitrogens with zero attached hydrogens (tertiary/aromatic N) is 3. The average molecular weight is 242 g/mol. The molecule has 5 nitrogen and oxygen atoms in total. The lowest BCUT2D eigenvalue weighted by molar-refractivity contribution is -0.120. The first-order chi connectivity index (χ1) is 8.74. The second-order valence-electron chi connectivity index (χ2n) is 4.39. The summed E-state index contributed by atoms with van der Waals surface area (Å²) in [5.41, 5.74) is 2.62. The first-order valence-electron chi connectivity index (χ1n) is 5.99. The third-order valence-corrected chi connectivity index (χ3v) is 3.06. The van der Waals surface area contributed by atoms with E-state index in [4.69, 9.17) is 0 Å². The summed E-state index contributed by atoms with van der Waals surface area (Å²) in [6.07, 6.45) is 0. The van der Waals surface area contributed by atoms with E-state index >= 15 is 0 Å². The Labute approximate surface area is 105 Å². The molecule has 1 fully saturated rings. The van der Waals surface area contributed by atoms with Gasteiger partial charge < -0.3 is 10.2 Å². The summed E-state index contributed by atoms with van der Waals surface area (Å²) in [4.78, 5) is 22.6. The van der Waals surface area contributed by atoms with E-state index in [0.29, 0.717) is 13.1 Å². The number of carbonyl (C=O) groups is 1. The molecule has 1 amide bonds. The molecule has 0 unspecified atom stereocenters. The highest BCUT2D eigenvalue weighted by atomic mass is 16.2. The zero-order valence-corrected chi connectivity index (χ0v) is 10.2. The number of para-hydroxylation sites is 2. The lowest BCUT2D eigenvalue weighted by atomic mass is 10.2. The van der Waals surface area contributed by atoms with Crippen molar-refractivity contribution in [3.8, 4) is 0 Å². The van der Waals surface area contributed by atoms with Crippen LogP contribution < -0.4 is 10.2 Å². The van der Waals surface area contributed by atoms with Crippen LogP contribution >= 0.6 is 0 Å². The maximum atomic E-state index is 11.4. The predicted molar refractivity (Wildman–Crippen MR) is 69.5 cm³/mol. The van der Waals surface area contributed by atoms with Gasteiger partial charge in [0.15, 0.2) is 5.82 Å². The van der Waals surface area contributed by atoms with Gasteiger partial charge in [0.05, 0.1) is 23.3 Å². The maximum absolute atomic E-state index is 11.4. The minimum atomic E-state index is 0.0376. The Balaban J connectivity index is 2.05. The number of nitrogens with one attached hydrogen (secondary N) is 1. The molecular formula is C13H14N4O. The van der Waals surface area contributed by atoms with Gasteiger partial charge in [0, 0.05) is 13.1 Å². The number of hydrogen-bond donors (Lipinski definition) is 1. The number of hydrogen-bond acceptors (Lipinski definition) is 4. The fraction of sp³-hybridized carbons (Fsp3) is 0.308. The maximum Gasteiger partial charge on any atom is 0.239 e. The minimum Gasteiger partial charge on any atom is -0.353 e. The largest absolute Gasteiger partial charge is 0.353 e. The van der Waals surface area contributed by atoms with Crippen molar-refractivity contribution < 1.29 is 4.79 Å². The Morgan fingerprint density at radius 3 is 2.67 bits per heavy atom. The van der Waals surface area contributed by atoms with Crippen molar-refractivity contribution in [1.29, 1.82) is 0 Å². The topological polar surface area (TPSA) is 58.1 Å². The highest BCUT2D eigenvalue weighted by Crippen LogP contribution is 2.20. The first-order valence-corrected chi connectivity index (χ1v) is 5.99. The fourth-order valence-corrected chi connectivity index (χ4v) is 2.20. The van der Waals surface area contributed by atoms with E-state index < -0.39 is 0 Å². The summed E-state index contributed by atoms with van der Waals surface area (Å²) >= 11 is 0. The van der Waals surface area contributed by atoms with Gasteiger partial charge in [-0.2, -0.15) is 0 Å². The van der Waals surface area contributed by atoms with Gasteiger partial charge >= 0.3 is 0 Å². The molecule has 0 aliphatic carbocycles. The molecule has 0 spiro atoms. The lowest BCUT2D eigenvalue weighted by Gasteiger charge is -2.28. The number of benzene rings is 1. The number of amides is 1. The van der Waals surface area contributed by atoms with Crippen LogP contribution in [0.1, 0.15) is 5.69 Å². The number of anilines is 1. The Hall–Kier alpha value is -2.17. The molecule has 1 aliphatic heterocycles. The van der Waals surface area contributed by atoms with Crippen LogP contribution in [-0.2, 0) is 4.79 Å². The molecule has 2 aromatic rings. The smallest absolute Gasteiger partial charge is 0.239 e. The molecule has 0 bridgehead atoms. The van der Waals surface area contributed by atoms with Gasteiger partial charge in [0.2, 0.25) is 5.91 Å². The Morgan fingerprint density at radius 1 is 1.22 bits per heavy atom. The van der Waals surface area contributed by atoms with Gasteiger partial charge in [-0.1, -0.05) is 12.1 Å². The van der Waals surface area contributed by atoms with Crippen LogP contribution in [0.25, 0.3) is 11.0 Å². The number of fused-ring (bicyclic) bond motifs is 1. The zero-order valence-electron chi connectivity index (χ0n) is 10.2. The van der Waals surface area contributed by atoms with E-state index in [1.54, 1.807) is 0 Å². The molecule has 1 aliphatic rings. The monoisotopic (exact) mass is 242 g/mol. The molecular weight excluding hydrogens is 228 g/mol. The van der Waals surface area contributed by atoms with E-state index in [9.17, 15) is 4.79 Å². The second kappa shape index (κ2) is 4.25. The molecule has 2 heterocycles. The van der Waals surface area contributed by atoms with Crippen LogP contribution in [0.4, 0.5) is 5.82 Å². The molecule has 92 valence electrons. The van der Waals surface area contributed by atoms with Crippen LogP contribution in [-0.4, -0.2) is 35.5 Å². The summed E-state index contributed by atoms with van der Waals surface area (Å²) in [7, 11) is 0. The van der Waals surface area contributed by atoms with Gasteiger partial charge in [-0.25, -0.2) is 9.97 Å². The van der Waals surface area contributed by atoms with Crippen LogP contribution in [0, 0.1) is 6.92 Å². The van der Waals surface area contributed by atoms with Crippen LogP contribution in [0.5, 0.6) is 0 Å². The first kappa shape index (κ1) is 11.0. The molecule has 5 heteroatoms. The van der Waals surface area contributed by atoms with Gasteiger partial charge in [0.25, 0.3) is 0 Å². The average Bonchev–Trinajstić information content (AvgIpc) is 2.38. The molecule has 1 N–H and O–H groups in total. The van der Waals surface area contributed by atoms with Crippen molar-refractivity contribution in [2.75, 3.05) is 24.5 Å². The van der Waals surface area contributed by atoms with Crippen molar-refractivity contribution in [3.05, 3.63) is 30.0 Å². The molecule has 0 saturated carbocycles. The van der Waals surface area contributed by atoms with E-state index in [-0.39, 0.29) is 5.91 Å². The third kappa shape index (κ3) is 1.88. The molecule has 1 saturated heterocycles. The summed E-state index contributed by atoms with van der Waals surface area (Å²) in [6.45, 7) is 3.72. The Bertz CT molecular complexity index is 611. The molecule has 0 atom stereocenters. The zero-order chi connectivity index (χ0) is 12.5. The minimum absolute atomic E-state index is 0.0376. The van der Waals surface area contributed by atoms with E-state index in [1.807, 2.05) is 36.1 Å². The predicted octanol–water partition coefficient (Wildman–Crippen LogP) is 0.874. The van der Waals surface area contributed by atoms with Gasteiger partial charge in [-0.15, -0.1) is 0 Å². The molecule has 3 rings (SSSR count). The number of carbonyl (C=O) groups excluding carboxylic acids is 1. The molecule has 18 heavy (non-hydrogen) atoms. The Kier molecular flexibility index (Phi) is 2.59. The number of aromatic nitrogens is 2. The number of aryl methyl sites for hydroxylation is 1. The van der Waals surface area contributed by atoms with Crippen molar-refractivity contribution in [2.45, 2.75) is 6.92 Å². The summed E-state index contributed by atoms with van der Waals surface area (Å²) in [5, 5.41) is 2.81. The van der Waals surface area contributed by atoms with Gasteiger partial charge in [-0.3, -0.25) is 4.79 Å². The quantitative estimate of drug-likeness (QED) is 0.806. The van der Waals surface area contributed by atoms with Gasteiger partial charge in [0.1, 0.15) is 0 Å². The van der Waals surface area contributed by atoms with Crippen molar-refractivity contribution in [1.82, 2.24) is 15.3 Å². The van der Waals surface area contributed by atoms with Crippen molar-refractivity contribution in [3.63, 3.8) is 0 Å². The highest BCUT2D eigenvalue weighted by Gasteiger charge is 2.19. The normalized spacial score (nSPS) is 15.8. The summed E-state index contributed by atoms with van der Waals surface area (Å²) in [6, 6.07) is 7.78. The molecule has 0 radical (unpaired) electrons.